The number of likely N-dealkylation sites (tertiary alicyclic amines) is 1. The van der Waals surface area contributed by atoms with E-state index in [9.17, 15) is 8.78 Å². The molecular formula is C19H19F2N3O. The second-order valence-electron chi connectivity index (χ2n) is 6.50. The lowest BCUT2D eigenvalue weighted by molar-refractivity contribution is 0.198. The van der Waals surface area contributed by atoms with Crippen LogP contribution in [0, 0.1) is 11.6 Å². The number of nitrogens with one attached hydrogen (secondary N) is 1. The Bertz CT molecular complexity index is 824. The fourth-order valence-corrected chi connectivity index (χ4v) is 3.64. The smallest absolute Gasteiger partial charge is 0.134 e. The molecule has 0 amide bonds. The number of rotatable bonds is 4. The standard InChI is InChI=1S/C19H19F2N3O/c20-16-4-1-5-17(21)18(16)15-9-22-23-19(15)14-3-2-7-24(11-14)10-13-6-8-25-12-13/h1,4-6,8-9,12,14H,2-3,7,10-11H2,(H,22,23). The van der Waals surface area contributed by atoms with Gasteiger partial charge in [0.15, 0.2) is 0 Å². The van der Waals surface area contributed by atoms with Crippen molar-refractivity contribution in [3.8, 4) is 11.1 Å². The van der Waals surface area contributed by atoms with Crippen LogP contribution in [0.5, 0.6) is 0 Å². The van der Waals surface area contributed by atoms with Crippen molar-refractivity contribution in [1.29, 1.82) is 0 Å². The minimum absolute atomic E-state index is 0.00166. The van der Waals surface area contributed by atoms with Gasteiger partial charge in [-0.1, -0.05) is 6.07 Å². The average Bonchev–Trinajstić information content (AvgIpc) is 3.27. The van der Waals surface area contributed by atoms with Crippen LogP contribution in [0.2, 0.25) is 0 Å². The molecule has 0 bridgehead atoms. The van der Waals surface area contributed by atoms with Gasteiger partial charge in [-0.2, -0.15) is 5.10 Å². The van der Waals surface area contributed by atoms with Gasteiger partial charge in [0, 0.05) is 35.8 Å². The van der Waals surface area contributed by atoms with Crippen LogP contribution in [0.3, 0.4) is 0 Å². The summed E-state index contributed by atoms with van der Waals surface area (Å²) in [7, 11) is 0. The third-order valence-electron chi connectivity index (χ3n) is 4.80. The van der Waals surface area contributed by atoms with E-state index in [-0.39, 0.29) is 11.5 Å². The van der Waals surface area contributed by atoms with Gasteiger partial charge < -0.3 is 4.42 Å². The summed E-state index contributed by atoms with van der Waals surface area (Å²) in [5.74, 6) is -0.959. The molecule has 3 heterocycles. The molecule has 0 spiro atoms. The molecule has 1 fully saturated rings. The summed E-state index contributed by atoms with van der Waals surface area (Å²) in [5.41, 5.74) is 2.45. The molecule has 25 heavy (non-hydrogen) atoms. The molecule has 3 aromatic rings. The van der Waals surface area contributed by atoms with E-state index in [0.717, 1.165) is 43.7 Å². The van der Waals surface area contributed by atoms with E-state index in [4.69, 9.17) is 4.42 Å². The molecule has 0 radical (unpaired) electrons. The zero-order chi connectivity index (χ0) is 17.2. The van der Waals surface area contributed by atoms with Gasteiger partial charge in [-0.3, -0.25) is 10.00 Å². The van der Waals surface area contributed by atoms with Crippen LogP contribution in [-0.2, 0) is 6.54 Å². The lowest BCUT2D eigenvalue weighted by atomic mass is 9.90. The summed E-state index contributed by atoms with van der Waals surface area (Å²) in [6.07, 6.45) is 6.93. The number of piperidine rings is 1. The first-order valence-corrected chi connectivity index (χ1v) is 8.43. The lowest BCUT2D eigenvalue weighted by Crippen LogP contribution is -2.34. The molecule has 1 aromatic carbocycles. The second kappa shape index (κ2) is 6.80. The van der Waals surface area contributed by atoms with E-state index in [1.807, 2.05) is 6.07 Å². The predicted molar refractivity (Wildman–Crippen MR) is 89.9 cm³/mol. The first-order chi connectivity index (χ1) is 12.2. The van der Waals surface area contributed by atoms with Crippen molar-refractivity contribution in [2.45, 2.75) is 25.3 Å². The van der Waals surface area contributed by atoms with E-state index in [0.29, 0.717) is 5.56 Å². The van der Waals surface area contributed by atoms with Crippen molar-refractivity contribution in [1.82, 2.24) is 15.1 Å². The number of hydrogen-bond acceptors (Lipinski definition) is 3. The molecule has 1 aliphatic rings. The first kappa shape index (κ1) is 16.0. The molecule has 4 nitrogen and oxygen atoms in total. The molecule has 1 aliphatic heterocycles. The van der Waals surface area contributed by atoms with Crippen molar-refractivity contribution in [3.05, 3.63) is 65.9 Å². The van der Waals surface area contributed by atoms with Gasteiger partial charge in [-0.25, -0.2) is 8.78 Å². The summed E-state index contributed by atoms with van der Waals surface area (Å²) in [6, 6.07) is 5.89. The van der Waals surface area contributed by atoms with Crippen LogP contribution in [0.15, 0.2) is 47.4 Å². The summed E-state index contributed by atoms with van der Waals surface area (Å²) < 4.78 is 33.5. The molecule has 130 valence electrons. The van der Waals surface area contributed by atoms with E-state index in [2.05, 4.69) is 15.1 Å². The Kier molecular flexibility index (Phi) is 4.36. The Morgan fingerprint density at radius 3 is 2.84 bits per heavy atom. The average molecular weight is 343 g/mol. The highest BCUT2D eigenvalue weighted by molar-refractivity contribution is 5.67. The monoisotopic (exact) mass is 343 g/mol. The Labute approximate surface area is 144 Å². The van der Waals surface area contributed by atoms with Crippen LogP contribution in [0.1, 0.15) is 30.0 Å². The summed E-state index contributed by atoms with van der Waals surface area (Å²) >= 11 is 0. The molecule has 2 aromatic heterocycles. The number of nitrogens with zero attached hydrogens (tertiary/aromatic N) is 2. The van der Waals surface area contributed by atoms with Crippen LogP contribution in [-0.4, -0.2) is 28.2 Å². The number of aromatic amines is 1. The highest BCUT2D eigenvalue weighted by Crippen LogP contribution is 2.35. The quantitative estimate of drug-likeness (QED) is 0.767. The molecule has 1 atom stereocenters. The summed E-state index contributed by atoms with van der Waals surface area (Å²) in [5, 5.41) is 7.04. The minimum Gasteiger partial charge on any atom is -0.472 e. The second-order valence-corrected chi connectivity index (χ2v) is 6.50. The van der Waals surface area contributed by atoms with Gasteiger partial charge in [0.2, 0.25) is 0 Å². The lowest BCUT2D eigenvalue weighted by Gasteiger charge is -2.32. The van der Waals surface area contributed by atoms with Crippen LogP contribution >= 0.6 is 0 Å². The number of furan rings is 1. The van der Waals surface area contributed by atoms with E-state index in [1.54, 1.807) is 12.5 Å². The fourth-order valence-electron chi connectivity index (χ4n) is 3.64. The molecule has 1 saturated heterocycles. The molecule has 0 aliphatic carbocycles. The molecule has 4 rings (SSSR count). The third-order valence-corrected chi connectivity index (χ3v) is 4.80. The van der Waals surface area contributed by atoms with Gasteiger partial charge in [-0.05, 0) is 37.6 Å². The van der Waals surface area contributed by atoms with E-state index < -0.39 is 11.6 Å². The third kappa shape index (κ3) is 3.22. The van der Waals surface area contributed by atoms with Crippen molar-refractivity contribution in [2.75, 3.05) is 13.1 Å². The Morgan fingerprint density at radius 2 is 2.08 bits per heavy atom. The number of H-pyrrole nitrogens is 1. The van der Waals surface area contributed by atoms with Gasteiger partial charge >= 0.3 is 0 Å². The van der Waals surface area contributed by atoms with Gasteiger partial charge in [0.25, 0.3) is 0 Å². The zero-order valence-corrected chi connectivity index (χ0v) is 13.7. The fraction of sp³-hybridized carbons (Fsp3) is 0.316. The Balaban J connectivity index is 1.59. The maximum atomic E-state index is 14.2. The van der Waals surface area contributed by atoms with Crippen LogP contribution in [0.25, 0.3) is 11.1 Å². The van der Waals surface area contributed by atoms with E-state index >= 15 is 0 Å². The summed E-state index contributed by atoms with van der Waals surface area (Å²) in [4.78, 5) is 2.33. The van der Waals surface area contributed by atoms with Gasteiger partial charge in [-0.15, -0.1) is 0 Å². The number of benzene rings is 1. The van der Waals surface area contributed by atoms with Crippen LogP contribution in [0.4, 0.5) is 8.78 Å². The molecule has 6 heteroatoms. The van der Waals surface area contributed by atoms with Gasteiger partial charge in [0.05, 0.1) is 24.3 Å². The number of aromatic nitrogens is 2. The van der Waals surface area contributed by atoms with Crippen molar-refractivity contribution < 1.29 is 13.2 Å². The topological polar surface area (TPSA) is 45.1 Å². The number of halogens is 2. The van der Waals surface area contributed by atoms with Crippen molar-refractivity contribution >= 4 is 0 Å². The largest absolute Gasteiger partial charge is 0.472 e. The molecular weight excluding hydrogens is 324 g/mol. The first-order valence-electron chi connectivity index (χ1n) is 8.43. The highest BCUT2D eigenvalue weighted by atomic mass is 19.1. The predicted octanol–water partition coefficient (Wildman–Crippen LogP) is 4.33. The molecule has 0 saturated carbocycles. The SMILES string of the molecule is Fc1cccc(F)c1-c1cn[nH]c1C1CCCN(Cc2ccoc2)C1. The normalized spacial score (nSPS) is 18.6. The van der Waals surface area contributed by atoms with Gasteiger partial charge in [0.1, 0.15) is 11.6 Å². The highest BCUT2D eigenvalue weighted by Gasteiger charge is 2.27. The molecule has 1 unspecified atom stereocenters. The number of hydrogen-bond donors (Lipinski definition) is 1. The van der Waals surface area contributed by atoms with Crippen LogP contribution < -0.4 is 0 Å². The van der Waals surface area contributed by atoms with Crippen molar-refractivity contribution in [3.63, 3.8) is 0 Å². The Hall–Kier alpha value is -2.47. The zero-order valence-electron chi connectivity index (χ0n) is 13.7. The maximum Gasteiger partial charge on any atom is 0.134 e. The van der Waals surface area contributed by atoms with Crippen molar-refractivity contribution in [2.24, 2.45) is 0 Å². The van der Waals surface area contributed by atoms with E-state index in [1.165, 1.54) is 24.4 Å². The summed E-state index contributed by atoms with van der Waals surface area (Å²) in [6.45, 7) is 2.63. The maximum absolute atomic E-state index is 14.2. The molecule has 1 N–H and O–H groups in total. The Morgan fingerprint density at radius 1 is 1.24 bits per heavy atom. The minimum atomic E-state index is -0.561.